The lowest BCUT2D eigenvalue weighted by Gasteiger charge is -2.03. The van der Waals surface area contributed by atoms with Gasteiger partial charge in [-0.25, -0.2) is 18.2 Å². The summed E-state index contributed by atoms with van der Waals surface area (Å²) >= 11 is 0. The van der Waals surface area contributed by atoms with Crippen LogP contribution < -0.4 is 0 Å². The molecular formula is C13H4F3N7. The summed E-state index contributed by atoms with van der Waals surface area (Å²) in [6.07, 6.45) is 1.13. The van der Waals surface area contributed by atoms with E-state index in [4.69, 9.17) is 10.5 Å². The standard InChI is InChI=1S/C13H4F3N7/c14-6-1-7(15)12(8(16)2-6)23-19-5-11(22-23)13-20-9(3-17)10(4-18)21-13/h1-2,5H,(H,20,21). The SMILES string of the molecule is N#Cc1nc(-c2cnn(-c3c(F)cc(F)cc3F)n2)[nH]c1C#N. The van der Waals surface area contributed by atoms with E-state index in [2.05, 4.69) is 20.2 Å². The van der Waals surface area contributed by atoms with Crippen LogP contribution >= 0.6 is 0 Å². The molecule has 0 spiro atoms. The molecule has 0 saturated heterocycles. The summed E-state index contributed by atoms with van der Waals surface area (Å²) in [5.74, 6) is -3.40. The number of nitriles is 2. The fourth-order valence-electron chi connectivity index (χ4n) is 1.86. The van der Waals surface area contributed by atoms with Crippen molar-refractivity contribution < 1.29 is 13.2 Å². The number of aromatic amines is 1. The molecule has 10 heteroatoms. The molecule has 3 aromatic rings. The lowest BCUT2D eigenvalue weighted by molar-refractivity contribution is 0.518. The number of hydrogen-bond donors (Lipinski definition) is 1. The summed E-state index contributed by atoms with van der Waals surface area (Å²) in [5, 5.41) is 25.2. The van der Waals surface area contributed by atoms with E-state index in [-0.39, 0.29) is 22.9 Å². The van der Waals surface area contributed by atoms with E-state index in [0.717, 1.165) is 6.20 Å². The highest BCUT2D eigenvalue weighted by molar-refractivity contribution is 5.53. The Morgan fingerprint density at radius 3 is 2.35 bits per heavy atom. The Bertz CT molecular complexity index is 935. The third kappa shape index (κ3) is 2.38. The van der Waals surface area contributed by atoms with Crippen LogP contribution in [0.1, 0.15) is 11.4 Å². The monoisotopic (exact) mass is 315 g/mol. The lowest BCUT2D eigenvalue weighted by atomic mass is 10.3. The van der Waals surface area contributed by atoms with Crippen molar-refractivity contribution in [3.05, 3.63) is 47.2 Å². The first kappa shape index (κ1) is 14.3. The number of benzene rings is 1. The largest absolute Gasteiger partial charge is 0.327 e. The Morgan fingerprint density at radius 1 is 1.09 bits per heavy atom. The molecule has 2 heterocycles. The zero-order valence-corrected chi connectivity index (χ0v) is 11.0. The van der Waals surface area contributed by atoms with Crippen LogP contribution in [0.2, 0.25) is 0 Å². The van der Waals surface area contributed by atoms with Gasteiger partial charge in [-0.3, -0.25) is 0 Å². The summed E-state index contributed by atoms with van der Waals surface area (Å²) in [7, 11) is 0. The van der Waals surface area contributed by atoms with Gasteiger partial charge in [0.1, 0.15) is 23.6 Å². The lowest BCUT2D eigenvalue weighted by Crippen LogP contribution is -2.06. The number of aromatic nitrogens is 5. The second kappa shape index (κ2) is 5.27. The molecule has 1 N–H and O–H groups in total. The van der Waals surface area contributed by atoms with Crippen LogP contribution in [0.3, 0.4) is 0 Å². The summed E-state index contributed by atoms with van der Waals surface area (Å²) in [6.45, 7) is 0. The maximum absolute atomic E-state index is 13.7. The van der Waals surface area contributed by atoms with Gasteiger partial charge in [0, 0.05) is 12.1 Å². The zero-order valence-electron chi connectivity index (χ0n) is 11.0. The minimum atomic E-state index is -1.18. The van der Waals surface area contributed by atoms with Gasteiger partial charge in [0.25, 0.3) is 0 Å². The highest BCUT2D eigenvalue weighted by Gasteiger charge is 2.18. The molecular weight excluding hydrogens is 311 g/mol. The first-order valence-corrected chi connectivity index (χ1v) is 6.01. The van der Waals surface area contributed by atoms with Crippen LogP contribution in [-0.4, -0.2) is 25.0 Å². The molecule has 2 aromatic heterocycles. The van der Waals surface area contributed by atoms with Crippen molar-refractivity contribution in [2.75, 3.05) is 0 Å². The highest BCUT2D eigenvalue weighted by atomic mass is 19.1. The third-order valence-corrected chi connectivity index (χ3v) is 2.84. The summed E-state index contributed by atoms with van der Waals surface area (Å²) in [5.41, 5.74) is -0.830. The van der Waals surface area contributed by atoms with E-state index in [1.165, 1.54) is 0 Å². The molecule has 0 aliphatic rings. The van der Waals surface area contributed by atoms with Crippen molar-refractivity contribution in [2.24, 2.45) is 0 Å². The average molecular weight is 315 g/mol. The van der Waals surface area contributed by atoms with E-state index in [1.807, 2.05) is 0 Å². The molecule has 0 bridgehead atoms. The second-order valence-corrected chi connectivity index (χ2v) is 4.27. The number of nitrogens with one attached hydrogen (secondary N) is 1. The first-order valence-electron chi connectivity index (χ1n) is 6.01. The van der Waals surface area contributed by atoms with Gasteiger partial charge in [-0.05, 0) is 0 Å². The van der Waals surface area contributed by atoms with Gasteiger partial charge in [0.05, 0.1) is 6.20 Å². The number of imidazole rings is 1. The molecule has 0 unspecified atom stereocenters. The maximum Gasteiger partial charge on any atom is 0.177 e. The Morgan fingerprint density at radius 2 is 1.78 bits per heavy atom. The average Bonchev–Trinajstić information content (AvgIpc) is 3.12. The van der Waals surface area contributed by atoms with Crippen LogP contribution in [0, 0.1) is 40.1 Å². The molecule has 0 saturated carbocycles. The van der Waals surface area contributed by atoms with Crippen LogP contribution in [0.25, 0.3) is 17.2 Å². The van der Waals surface area contributed by atoms with Crippen molar-refractivity contribution >= 4 is 0 Å². The van der Waals surface area contributed by atoms with Crippen molar-refractivity contribution in [1.82, 2.24) is 25.0 Å². The van der Waals surface area contributed by atoms with Gasteiger partial charge in [-0.15, -0.1) is 9.90 Å². The minimum absolute atomic E-state index is 0.0345. The van der Waals surface area contributed by atoms with Crippen LogP contribution in [0.5, 0.6) is 0 Å². The Hall–Kier alpha value is -3.66. The first-order chi connectivity index (χ1) is 11.0. The molecule has 7 nitrogen and oxygen atoms in total. The number of rotatable bonds is 2. The molecule has 3 rings (SSSR count). The quantitative estimate of drug-likeness (QED) is 0.776. The molecule has 0 atom stereocenters. The van der Waals surface area contributed by atoms with E-state index < -0.39 is 23.1 Å². The van der Waals surface area contributed by atoms with Gasteiger partial charge in [-0.1, -0.05) is 0 Å². The number of hydrogen-bond acceptors (Lipinski definition) is 5. The normalized spacial score (nSPS) is 10.3. The Kier molecular flexibility index (Phi) is 3.27. The van der Waals surface area contributed by atoms with E-state index in [1.54, 1.807) is 12.1 Å². The molecule has 0 aliphatic heterocycles. The van der Waals surface area contributed by atoms with Crippen molar-refractivity contribution in [3.8, 4) is 29.3 Å². The predicted molar refractivity (Wildman–Crippen MR) is 68.2 cm³/mol. The molecule has 0 radical (unpaired) electrons. The van der Waals surface area contributed by atoms with Crippen LogP contribution in [-0.2, 0) is 0 Å². The summed E-state index contributed by atoms with van der Waals surface area (Å²) in [6, 6.07) is 4.45. The molecule has 23 heavy (non-hydrogen) atoms. The van der Waals surface area contributed by atoms with Crippen molar-refractivity contribution in [3.63, 3.8) is 0 Å². The van der Waals surface area contributed by atoms with E-state index in [9.17, 15) is 13.2 Å². The third-order valence-electron chi connectivity index (χ3n) is 2.84. The van der Waals surface area contributed by atoms with Gasteiger partial charge in [0.2, 0.25) is 0 Å². The van der Waals surface area contributed by atoms with E-state index >= 15 is 0 Å². The molecule has 0 fully saturated rings. The van der Waals surface area contributed by atoms with Crippen LogP contribution in [0.15, 0.2) is 18.3 Å². The Labute approximate surface area is 126 Å². The van der Waals surface area contributed by atoms with Crippen molar-refractivity contribution in [1.29, 1.82) is 10.5 Å². The number of halogens is 3. The molecule has 0 amide bonds. The fourth-order valence-corrected chi connectivity index (χ4v) is 1.86. The predicted octanol–water partition coefficient (Wildman–Crippen LogP) is 1.82. The smallest absolute Gasteiger partial charge is 0.177 e. The van der Waals surface area contributed by atoms with Crippen LogP contribution in [0.4, 0.5) is 13.2 Å². The maximum atomic E-state index is 13.7. The van der Waals surface area contributed by atoms with Gasteiger partial charge in [0.15, 0.2) is 34.5 Å². The Balaban J connectivity index is 2.07. The van der Waals surface area contributed by atoms with Crippen molar-refractivity contribution in [2.45, 2.75) is 0 Å². The van der Waals surface area contributed by atoms with Gasteiger partial charge < -0.3 is 4.98 Å². The molecule has 112 valence electrons. The summed E-state index contributed by atoms with van der Waals surface area (Å²) < 4.78 is 40.3. The number of H-pyrrole nitrogens is 1. The summed E-state index contributed by atoms with van der Waals surface area (Å²) in [4.78, 5) is 7.00. The van der Waals surface area contributed by atoms with Gasteiger partial charge >= 0.3 is 0 Å². The minimum Gasteiger partial charge on any atom is -0.327 e. The number of nitrogens with zero attached hydrogens (tertiary/aromatic N) is 6. The molecule has 0 aliphatic carbocycles. The van der Waals surface area contributed by atoms with E-state index in [0.29, 0.717) is 16.9 Å². The second-order valence-electron chi connectivity index (χ2n) is 4.27. The topological polar surface area (TPSA) is 107 Å². The fraction of sp³-hybridized carbons (Fsp3) is 0. The zero-order chi connectivity index (χ0) is 16.6. The molecule has 1 aromatic carbocycles. The van der Waals surface area contributed by atoms with Gasteiger partial charge in [-0.2, -0.15) is 15.6 Å². The highest BCUT2D eigenvalue weighted by Crippen LogP contribution is 2.20.